The Morgan fingerprint density at radius 2 is 1.94 bits per heavy atom. The van der Waals surface area contributed by atoms with Gasteiger partial charge in [-0.15, -0.1) is 0 Å². The van der Waals surface area contributed by atoms with Crippen molar-refractivity contribution in [2.24, 2.45) is 5.92 Å². The summed E-state index contributed by atoms with van der Waals surface area (Å²) < 4.78 is 6.24. The molecule has 0 spiro atoms. The molecule has 4 unspecified atom stereocenters. The van der Waals surface area contributed by atoms with Crippen molar-refractivity contribution < 1.29 is 24.0 Å². The van der Waals surface area contributed by atoms with Crippen molar-refractivity contribution >= 4 is 33.7 Å². The van der Waals surface area contributed by atoms with E-state index in [1.807, 2.05) is 38.1 Å². The van der Waals surface area contributed by atoms with Gasteiger partial charge in [0.2, 0.25) is 17.7 Å². The standard InChI is InChI=1S/C24H31BrN4O5/c1-13(2)22(20-9-14(3)28-34-20)24(33)29-12-17(30)10-19(29)23(32)27-18(11-21(31)26-4)15-5-7-16(25)8-6-15/h5-9,13,17-19,22,30H,10-12H2,1-4H3,(H,26,31)(H,27,32). The molecule has 9 nitrogen and oxygen atoms in total. The van der Waals surface area contributed by atoms with Gasteiger partial charge in [-0.05, 0) is 30.5 Å². The molecule has 4 atom stereocenters. The van der Waals surface area contributed by atoms with E-state index in [2.05, 4.69) is 31.7 Å². The quantitative estimate of drug-likeness (QED) is 0.477. The zero-order valence-electron chi connectivity index (χ0n) is 19.7. The molecule has 184 valence electrons. The summed E-state index contributed by atoms with van der Waals surface area (Å²) >= 11 is 3.39. The topological polar surface area (TPSA) is 125 Å². The van der Waals surface area contributed by atoms with Crippen LogP contribution in [0.3, 0.4) is 0 Å². The first-order valence-electron chi connectivity index (χ1n) is 11.3. The number of benzene rings is 1. The van der Waals surface area contributed by atoms with Crippen LogP contribution in [0.4, 0.5) is 0 Å². The summed E-state index contributed by atoms with van der Waals surface area (Å²) in [6.45, 7) is 5.62. The lowest BCUT2D eigenvalue weighted by molar-refractivity contribution is -0.141. The Bertz CT molecular complexity index is 1020. The molecule has 0 aliphatic carbocycles. The molecule has 1 saturated heterocycles. The zero-order valence-corrected chi connectivity index (χ0v) is 21.3. The summed E-state index contributed by atoms with van der Waals surface area (Å²) in [5.41, 5.74) is 1.42. The molecule has 34 heavy (non-hydrogen) atoms. The minimum Gasteiger partial charge on any atom is -0.391 e. The first-order valence-corrected chi connectivity index (χ1v) is 12.1. The summed E-state index contributed by atoms with van der Waals surface area (Å²) in [5, 5.41) is 19.7. The lowest BCUT2D eigenvalue weighted by Gasteiger charge is -2.30. The second kappa shape index (κ2) is 11.1. The molecular weight excluding hydrogens is 504 g/mol. The van der Waals surface area contributed by atoms with Gasteiger partial charge >= 0.3 is 0 Å². The third kappa shape index (κ3) is 6.04. The summed E-state index contributed by atoms with van der Waals surface area (Å²) in [6, 6.07) is 7.58. The molecule has 1 aromatic carbocycles. The minimum absolute atomic E-state index is 0.0407. The molecule has 2 aromatic rings. The molecule has 0 saturated carbocycles. The maximum Gasteiger partial charge on any atom is 0.243 e. The number of nitrogens with zero attached hydrogens (tertiary/aromatic N) is 2. The summed E-state index contributed by atoms with van der Waals surface area (Å²) in [4.78, 5) is 40.5. The van der Waals surface area contributed by atoms with Crippen LogP contribution in [0.25, 0.3) is 0 Å². The number of aromatic nitrogens is 1. The molecule has 1 fully saturated rings. The fourth-order valence-corrected chi connectivity index (χ4v) is 4.52. The number of aliphatic hydroxyl groups excluding tert-OH is 1. The highest BCUT2D eigenvalue weighted by Gasteiger charge is 2.43. The van der Waals surface area contributed by atoms with E-state index in [4.69, 9.17) is 4.52 Å². The van der Waals surface area contributed by atoms with Gasteiger partial charge in [0.25, 0.3) is 0 Å². The van der Waals surface area contributed by atoms with Crippen molar-refractivity contribution in [3.05, 3.63) is 51.8 Å². The Labute approximate surface area is 207 Å². The van der Waals surface area contributed by atoms with Crippen molar-refractivity contribution in [2.75, 3.05) is 13.6 Å². The van der Waals surface area contributed by atoms with Crippen molar-refractivity contribution in [2.45, 2.75) is 57.7 Å². The molecule has 3 N–H and O–H groups in total. The number of hydrogen-bond donors (Lipinski definition) is 3. The molecule has 3 rings (SSSR count). The number of halogens is 1. The molecule has 1 aliphatic rings. The van der Waals surface area contributed by atoms with Gasteiger partial charge in [0, 0.05) is 30.6 Å². The first-order chi connectivity index (χ1) is 16.1. The van der Waals surface area contributed by atoms with Crippen LogP contribution in [-0.4, -0.2) is 58.6 Å². The van der Waals surface area contributed by atoms with E-state index in [1.54, 1.807) is 13.0 Å². The largest absolute Gasteiger partial charge is 0.391 e. The molecular formula is C24H31BrN4O5. The van der Waals surface area contributed by atoms with Crippen molar-refractivity contribution in [3.63, 3.8) is 0 Å². The van der Waals surface area contributed by atoms with E-state index in [0.29, 0.717) is 11.5 Å². The average Bonchev–Trinajstić information content (AvgIpc) is 3.39. The van der Waals surface area contributed by atoms with Gasteiger partial charge in [-0.2, -0.15) is 0 Å². The maximum absolute atomic E-state index is 13.6. The lowest BCUT2D eigenvalue weighted by Crippen LogP contribution is -2.49. The molecule has 10 heteroatoms. The number of likely N-dealkylation sites (tertiary alicyclic amines) is 1. The summed E-state index contributed by atoms with van der Waals surface area (Å²) in [7, 11) is 1.54. The molecule has 0 radical (unpaired) electrons. The molecule has 2 heterocycles. The van der Waals surface area contributed by atoms with E-state index in [9.17, 15) is 19.5 Å². The van der Waals surface area contributed by atoms with Gasteiger partial charge in [-0.3, -0.25) is 14.4 Å². The van der Waals surface area contributed by atoms with Crippen LogP contribution >= 0.6 is 15.9 Å². The maximum atomic E-state index is 13.6. The number of rotatable bonds is 8. The molecule has 1 aromatic heterocycles. The van der Waals surface area contributed by atoms with Crippen LogP contribution in [0.5, 0.6) is 0 Å². The van der Waals surface area contributed by atoms with Crippen molar-refractivity contribution in [3.8, 4) is 0 Å². The highest BCUT2D eigenvalue weighted by atomic mass is 79.9. The fraction of sp³-hybridized carbons (Fsp3) is 0.500. The highest BCUT2D eigenvalue weighted by Crippen LogP contribution is 2.31. The number of carbonyl (C=O) groups excluding carboxylic acids is 3. The second-order valence-corrected chi connectivity index (χ2v) is 9.89. The van der Waals surface area contributed by atoms with Gasteiger partial charge in [0.05, 0.1) is 24.3 Å². The fourth-order valence-electron chi connectivity index (χ4n) is 4.25. The number of aryl methyl sites for hydroxylation is 1. The monoisotopic (exact) mass is 534 g/mol. The number of hydrogen-bond acceptors (Lipinski definition) is 6. The van der Waals surface area contributed by atoms with Gasteiger partial charge in [0.15, 0.2) is 0 Å². The number of carbonyl (C=O) groups is 3. The highest BCUT2D eigenvalue weighted by molar-refractivity contribution is 9.10. The van der Waals surface area contributed by atoms with Crippen molar-refractivity contribution in [1.29, 1.82) is 0 Å². The molecule has 0 bridgehead atoms. The number of nitrogens with one attached hydrogen (secondary N) is 2. The Balaban J connectivity index is 1.83. The second-order valence-electron chi connectivity index (χ2n) is 8.98. The number of β-amino-alcohol motifs (C(OH)–C–C–N with tert-alkyl or cyclic N) is 1. The van der Waals surface area contributed by atoms with Crippen molar-refractivity contribution in [1.82, 2.24) is 20.7 Å². The summed E-state index contributed by atoms with van der Waals surface area (Å²) in [5.74, 6) is -1.24. The number of amides is 3. The van der Waals surface area contributed by atoms with Gasteiger partial charge < -0.3 is 25.2 Å². The van der Waals surface area contributed by atoms with E-state index in [1.165, 1.54) is 11.9 Å². The van der Waals surface area contributed by atoms with Gasteiger partial charge in [-0.25, -0.2) is 0 Å². The predicted molar refractivity (Wildman–Crippen MR) is 129 cm³/mol. The molecule has 1 aliphatic heterocycles. The van der Waals surface area contributed by atoms with E-state index < -0.39 is 30.0 Å². The number of aliphatic hydroxyl groups is 1. The predicted octanol–water partition coefficient (Wildman–Crippen LogP) is 2.44. The normalized spacial score (nSPS) is 19.7. The SMILES string of the molecule is CNC(=O)CC(NC(=O)C1CC(O)CN1C(=O)C(c1cc(C)no1)C(C)C)c1ccc(Br)cc1. The van der Waals surface area contributed by atoms with Crippen LogP contribution in [0.15, 0.2) is 39.3 Å². The van der Waals surface area contributed by atoms with Crippen LogP contribution in [0, 0.1) is 12.8 Å². The zero-order chi connectivity index (χ0) is 25.0. The first kappa shape index (κ1) is 25.9. The van der Waals surface area contributed by atoms with Crippen LogP contribution in [0.2, 0.25) is 0 Å². The minimum atomic E-state index is -0.865. The van der Waals surface area contributed by atoms with Gasteiger partial charge in [-0.1, -0.05) is 47.1 Å². The average molecular weight is 535 g/mol. The Kier molecular flexibility index (Phi) is 8.48. The van der Waals surface area contributed by atoms with Crippen LogP contribution < -0.4 is 10.6 Å². The smallest absolute Gasteiger partial charge is 0.243 e. The Hall–Kier alpha value is -2.72. The van der Waals surface area contributed by atoms with Crippen LogP contribution in [0.1, 0.15) is 55.7 Å². The third-order valence-corrected chi connectivity index (χ3v) is 6.54. The van der Waals surface area contributed by atoms with E-state index >= 15 is 0 Å². The van der Waals surface area contributed by atoms with E-state index in [0.717, 1.165) is 10.0 Å². The van der Waals surface area contributed by atoms with Gasteiger partial charge in [0.1, 0.15) is 17.7 Å². The Morgan fingerprint density at radius 3 is 2.50 bits per heavy atom. The van der Waals surface area contributed by atoms with Crippen LogP contribution in [-0.2, 0) is 14.4 Å². The van der Waals surface area contributed by atoms with E-state index in [-0.39, 0.29) is 37.1 Å². The molecule has 3 amide bonds. The summed E-state index contributed by atoms with van der Waals surface area (Å²) in [6.07, 6.45) is -0.668. The third-order valence-electron chi connectivity index (χ3n) is 6.01. The lowest BCUT2D eigenvalue weighted by atomic mass is 9.91. The Morgan fingerprint density at radius 1 is 1.26 bits per heavy atom.